The molecule has 3 atom stereocenters. The molecule has 13 rings (SSSR count). The fourth-order valence-corrected chi connectivity index (χ4v) is 14.6. The summed E-state index contributed by atoms with van der Waals surface area (Å²) in [6.07, 6.45) is 23.8. The van der Waals surface area contributed by atoms with Gasteiger partial charge in [0.2, 0.25) is 28.5 Å². The molecule has 512 valence electrons. The predicted molar refractivity (Wildman–Crippen MR) is 414 cm³/mol. The molecule has 0 amide bonds. The number of aryl methyl sites for hydroxylation is 21. The molecule has 3 aliphatic rings. The molecule has 5 nitrogen and oxygen atoms in total. The molecule has 0 bridgehead atoms. The maximum Gasteiger partial charge on any atom is 0.216 e. The molecular weight excluding hydrogens is 1190 g/mol. The topological polar surface area (TPSA) is 19.4 Å². The van der Waals surface area contributed by atoms with Gasteiger partial charge in [0.15, 0.2) is 31.0 Å². The highest BCUT2D eigenvalue weighted by atomic mass is 14.9. The molecule has 0 N–H and O–H groups in total. The van der Waals surface area contributed by atoms with E-state index < -0.39 is 58.8 Å². The summed E-state index contributed by atoms with van der Waals surface area (Å²) in [5.74, 6) is -6.31. The fourth-order valence-electron chi connectivity index (χ4n) is 14.6. The van der Waals surface area contributed by atoms with Crippen LogP contribution in [-0.4, -0.2) is 0 Å². The fraction of sp³-hybridized carbons (Fsp3) is 0.409. The third-order valence-corrected chi connectivity index (χ3v) is 20.2. The highest BCUT2D eigenvalue weighted by molar-refractivity contribution is 5.69. The first kappa shape index (κ1) is 50.2. The smallest absolute Gasteiger partial charge is 0.201 e. The van der Waals surface area contributed by atoms with E-state index in [-0.39, 0.29) is 33.5 Å². The molecule has 10 aromatic rings. The van der Waals surface area contributed by atoms with Crippen molar-refractivity contribution < 1.29 is 51.6 Å². The maximum absolute atomic E-state index is 8.56. The van der Waals surface area contributed by atoms with Gasteiger partial charge in [0.25, 0.3) is 0 Å². The van der Waals surface area contributed by atoms with E-state index in [1.807, 2.05) is 19.9 Å². The normalized spacial score (nSPS) is 18.7. The summed E-state index contributed by atoms with van der Waals surface area (Å²) in [4.78, 5) is 0. The average Bonchev–Trinajstić information content (AvgIpc) is 0.954. The molecule has 98 heavy (non-hydrogen) atoms. The van der Waals surface area contributed by atoms with E-state index in [1.54, 1.807) is 71.6 Å². The Morgan fingerprint density at radius 2 is 0.765 bits per heavy atom. The van der Waals surface area contributed by atoms with Crippen molar-refractivity contribution in [2.24, 2.45) is 35.2 Å². The standard InChI is InChI=1S/C21H30N.C19H26N.2C18H22N.C17H20N/c1-13(2)18-10-20(16(6)9-15(18)5)21-11-19(14(3)4)17(7)12-22(21)8;1-12(2)17-8-9-18(13(3)10-17)19-16(6)15(5)14(4)11-20(19)7;1-13-8-9-17(14(2)10-13)18-11-15-6-4-5-7-16(15)12-19(18)3;1-13-8-9-16(14(2)12-13)18-17-7-5-4-6-15(17)10-11-19(18)3;1-12-7-8-16(13(2)9-12)17-10-14-5-4-6-15(14)11-18(17)3/h9-14H,1-8H3;8-12H,1-7H3;2*8-12H,4-7H2,1-3H3;7-11H,4-6H2,1-3H3/q5*+1/i1D3,3D3,5D3,7D3,13D,14D;1D3,4D3,12D;;;. The van der Waals surface area contributed by atoms with Gasteiger partial charge in [-0.3, -0.25) is 0 Å². The van der Waals surface area contributed by atoms with E-state index in [9.17, 15) is 0 Å². The zero-order valence-electron chi connectivity index (χ0n) is 82.8. The molecule has 0 saturated carbocycles. The van der Waals surface area contributed by atoms with Gasteiger partial charge in [0, 0.05) is 114 Å². The Bertz CT molecular complexity index is 5350. The van der Waals surface area contributed by atoms with Crippen molar-refractivity contribution >= 4 is 0 Å². The molecule has 5 heteroatoms. The number of aromatic nitrogens is 5. The lowest BCUT2D eigenvalue weighted by atomic mass is 9.87. The number of nitrogens with zero attached hydrogens (tertiary/aromatic N) is 5. The molecule has 5 aromatic heterocycles. The summed E-state index contributed by atoms with van der Waals surface area (Å²) >= 11 is 0. The Hall–Kier alpha value is -8.15. The van der Waals surface area contributed by atoms with Crippen LogP contribution >= 0.6 is 0 Å². The van der Waals surface area contributed by atoms with Gasteiger partial charge in [-0.2, -0.15) is 0 Å². The second-order valence-corrected chi connectivity index (χ2v) is 28.1. The molecule has 0 radical (unpaired) electrons. The minimum Gasteiger partial charge on any atom is -0.201 e. The molecule has 0 aliphatic heterocycles. The first-order chi connectivity index (χ1) is 54.8. The number of pyridine rings is 5. The Morgan fingerprint density at radius 3 is 1.31 bits per heavy atom. The monoisotopic (exact) mass is 1330 g/mol. The minimum absolute atomic E-state index is 0.234. The number of hydrogen-bond donors (Lipinski definition) is 0. The quantitative estimate of drug-likeness (QED) is 0.135. The van der Waals surface area contributed by atoms with E-state index in [2.05, 4.69) is 168 Å². The number of benzene rings is 5. The number of rotatable bonds is 8. The second-order valence-electron chi connectivity index (χ2n) is 28.1. The van der Waals surface area contributed by atoms with Crippen LogP contribution in [0, 0.1) is 89.8 Å². The van der Waals surface area contributed by atoms with Crippen LogP contribution in [0.4, 0.5) is 0 Å². The minimum atomic E-state index is -2.88. The van der Waals surface area contributed by atoms with Crippen molar-refractivity contribution in [2.45, 2.75) is 219 Å². The molecule has 0 saturated heterocycles. The Labute approximate surface area is 622 Å². The summed E-state index contributed by atoms with van der Waals surface area (Å²) in [6.45, 7) is 8.04. The summed E-state index contributed by atoms with van der Waals surface area (Å²) in [5.41, 5.74) is 30.4. The molecule has 0 spiro atoms. The summed E-state index contributed by atoms with van der Waals surface area (Å²) in [5, 5.41) is 0. The SMILES string of the molecule is Cc1ccc(-c2c3c(cc[n+]2C)CCCC3)c(C)c1.Cc1ccc(-c2cc3c(c[n+]2C)CCC3)c(C)c1.Cc1ccc(-c2cc3c(c[n+]2C)CCCC3)c(C)c1.[2H]C([2H])([2H])c1c[n+](C)c(-c2ccc(C([2H])(C)C([2H])([2H])[2H])cc2C)c(C)c1C.[2H]C([2H])([2H])c1cc(C)c(-c2cc(C([2H])(C)C([2H])([2H])[2H])c(C([2H])([2H])[2H])c[n+]2C)cc1C([2H])(C)C([2H])([2H])[2H]. The number of hydrogen-bond acceptors (Lipinski definition) is 0. The largest absolute Gasteiger partial charge is 0.216 e. The van der Waals surface area contributed by atoms with Crippen molar-refractivity contribution in [1.82, 2.24) is 0 Å². The highest BCUT2D eigenvalue weighted by Gasteiger charge is 2.26. The van der Waals surface area contributed by atoms with Gasteiger partial charge < -0.3 is 0 Å². The van der Waals surface area contributed by atoms with E-state index in [4.69, 9.17) is 28.8 Å². The lowest BCUT2D eigenvalue weighted by Crippen LogP contribution is -2.33. The van der Waals surface area contributed by atoms with Crippen molar-refractivity contribution in [3.63, 3.8) is 0 Å². The van der Waals surface area contributed by atoms with Crippen LogP contribution in [0.15, 0.2) is 140 Å². The van der Waals surface area contributed by atoms with Crippen molar-refractivity contribution in [3.8, 4) is 56.3 Å². The Balaban J connectivity index is 0.000000174. The van der Waals surface area contributed by atoms with E-state index in [0.717, 1.165) is 41.8 Å². The van der Waals surface area contributed by atoms with Gasteiger partial charge in [-0.15, -0.1) is 0 Å². The number of fused-ring (bicyclic) bond motifs is 3. The van der Waals surface area contributed by atoms with Crippen molar-refractivity contribution in [2.75, 3.05) is 0 Å². The summed E-state index contributed by atoms with van der Waals surface area (Å²) in [6, 6.07) is 36.4. The first-order valence-corrected chi connectivity index (χ1v) is 34.9. The molecule has 5 aromatic carbocycles. The third kappa shape index (κ3) is 17.1. The van der Waals surface area contributed by atoms with E-state index >= 15 is 0 Å². The van der Waals surface area contributed by atoms with Crippen LogP contribution in [0.25, 0.3) is 56.3 Å². The van der Waals surface area contributed by atoms with Gasteiger partial charge >= 0.3 is 0 Å². The van der Waals surface area contributed by atoms with Crippen LogP contribution in [0.5, 0.6) is 0 Å². The third-order valence-electron chi connectivity index (χ3n) is 20.2. The Kier molecular flexibility index (Phi) is 16.5. The maximum atomic E-state index is 8.56. The van der Waals surface area contributed by atoms with Crippen molar-refractivity contribution in [3.05, 3.63) is 263 Å². The molecule has 5 heterocycles. The molecule has 0 fully saturated rings. The van der Waals surface area contributed by atoms with Crippen LogP contribution in [-0.2, 0) is 73.8 Å². The Morgan fingerprint density at radius 1 is 0.327 bits per heavy atom. The van der Waals surface area contributed by atoms with Gasteiger partial charge in [-0.25, -0.2) is 22.8 Å². The first-order valence-electron chi connectivity index (χ1n) is 45.4. The van der Waals surface area contributed by atoms with Crippen molar-refractivity contribution in [1.29, 1.82) is 0 Å². The zero-order chi connectivity index (χ0) is 88.9. The predicted octanol–water partition coefficient (Wildman–Crippen LogP) is 20.5. The van der Waals surface area contributed by atoms with Gasteiger partial charge in [0.05, 0.1) is 0 Å². The zero-order valence-corrected chi connectivity index (χ0v) is 61.8. The molecule has 3 unspecified atom stereocenters. The van der Waals surface area contributed by atoms with Gasteiger partial charge in [-0.05, 0) is 281 Å². The van der Waals surface area contributed by atoms with Crippen LogP contribution in [0.3, 0.4) is 0 Å². The van der Waals surface area contributed by atoms with Crippen LogP contribution < -0.4 is 22.8 Å². The molecule has 3 aliphatic carbocycles. The lowest BCUT2D eigenvalue weighted by molar-refractivity contribution is -0.661. The lowest BCUT2D eigenvalue weighted by Gasteiger charge is -2.18. The second kappa shape index (κ2) is 32.2. The molecular formula is C93H120N5+5. The van der Waals surface area contributed by atoms with Gasteiger partial charge in [-0.1, -0.05) is 113 Å². The van der Waals surface area contributed by atoms with Crippen LogP contribution in [0.1, 0.15) is 242 Å². The van der Waals surface area contributed by atoms with Gasteiger partial charge in [0.1, 0.15) is 35.2 Å². The summed E-state index contributed by atoms with van der Waals surface area (Å²) in [7, 11) is 9.81. The van der Waals surface area contributed by atoms with Crippen LogP contribution in [0.2, 0.25) is 0 Å². The van der Waals surface area contributed by atoms with E-state index in [0.29, 0.717) is 16.7 Å². The van der Waals surface area contributed by atoms with E-state index in [1.165, 1.54) is 186 Å². The highest BCUT2D eigenvalue weighted by Crippen LogP contribution is 2.35. The summed E-state index contributed by atoms with van der Waals surface area (Å²) < 4.78 is 176. The average molecular weight is 1330 g/mol.